The van der Waals surface area contributed by atoms with E-state index in [2.05, 4.69) is 0 Å². The van der Waals surface area contributed by atoms with E-state index in [0.717, 1.165) is 12.8 Å². The highest BCUT2D eigenvalue weighted by atomic mass is 35.5. The van der Waals surface area contributed by atoms with Gasteiger partial charge in [0.15, 0.2) is 5.58 Å². The van der Waals surface area contributed by atoms with Gasteiger partial charge in [-0.3, -0.25) is 4.57 Å². The van der Waals surface area contributed by atoms with Crippen molar-refractivity contribution in [3.05, 3.63) is 28.7 Å². The molecule has 0 spiro atoms. The molecule has 1 aromatic carbocycles. The Morgan fingerprint density at radius 3 is 2.75 bits per heavy atom. The van der Waals surface area contributed by atoms with E-state index in [1.165, 1.54) is 21.0 Å². The molecule has 1 aromatic heterocycles. The van der Waals surface area contributed by atoms with Gasteiger partial charge in [0, 0.05) is 32.2 Å². The maximum Gasteiger partial charge on any atom is 0.419 e. The Morgan fingerprint density at radius 2 is 2.08 bits per heavy atom. The molecule has 1 aliphatic rings. The van der Waals surface area contributed by atoms with Crippen LogP contribution in [0.1, 0.15) is 19.8 Å². The second-order valence-corrected chi connectivity index (χ2v) is 8.12. The van der Waals surface area contributed by atoms with Crippen molar-refractivity contribution in [2.24, 2.45) is 18.7 Å². The van der Waals surface area contributed by atoms with Crippen LogP contribution in [0.15, 0.2) is 32.3 Å². The average Bonchev–Trinajstić information content (AvgIpc) is 2.81. The Balaban J connectivity index is 0.00000208. The van der Waals surface area contributed by atoms with Crippen molar-refractivity contribution in [1.82, 2.24) is 8.87 Å². The highest BCUT2D eigenvalue weighted by Gasteiger charge is 2.32. The minimum atomic E-state index is -3.62. The lowest BCUT2D eigenvalue weighted by Crippen LogP contribution is -2.44. The lowest BCUT2D eigenvalue weighted by Gasteiger charge is -2.33. The fourth-order valence-corrected chi connectivity index (χ4v) is 4.60. The number of oxazole rings is 1. The molecule has 0 saturated carbocycles. The van der Waals surface area contributed by atoms with E-state index < -0.39 is 15.8 Å². The maximum atomic E-state index is 12.8. The van der Waals surface area contributed by atoms with Crippen LogP contribution < -0.4 is 11.5 Å². The first-order chi connectivity index (χ1) is 10.8. The van der Waals surface area contributed by atoms with Gasteiger partial charge in [0.05, 0.1) is 10.4 Å². The van der Waals surface area contributed by atoms with Crippen molar-refractivity contribution in [1.29, 1.82) is 0 Å². The average molecular weight is 376 g/mol. The zero-order valence-electron chi connectivity index (χ0n) is 13.6. The third-order valence-corrected chi connectivity index (χ3v) is 6.43. The highest BCUT2D eigenvalue weighted by Crippen LogP contribution is 2.26. The minimum Gasteiger partial charge on any atom is -0.408 e. The monoisotopic (exact) mass is 375 g/mol. The van der Waals surface area contributed by atoms with Gasteiger partial charge in [0.2, 0.25) is 10.0 Å². The van der Waals surface area contributed by atoms with Gasteiger partial charge in [-0.25, -0.2) is 13.2 Å². The summed E-state index contributed by atoms with van der Waals surface area (Å²) in [7, 11) is -2.03. The van der Waals surface area contributed by atoms with Crippen molar-refractivity contribution in [2.75, 3.05) is 13.1 Å². The third-order valence-electron chi connectivity index (χ3n) is 4.57. The first kappa shape index (κ1) is 19.0. The molecule has 1 fully saturated rings. The number of fused-ring (bicyclic) bond motifs is 1. The number of rotatable bonds is 3. The summed E-state index contributed by atoms with van der Waals surface area (Å²) in [6.45, 7) is 2.82. The predicted octanol–water partition coefficient (Wildman–Crippen LogP) is 1.30. The summed E-state index contributed by atoms with van der Waals surface area (Å²) in [4.78, 5) is 11.7. The number of nitrogens with two attached hydrogens (primary N) is 1. The van der Waals surface area contributed by atoms with Gasteiger partial charge in [-0.05, 0) is 37.8 Å². The van der Waals surface area contributed by atoms with Crippen LogP contribution in [0.3, 0.4) is 0 Å². The Hall–Kier alpha value is -1.35. The molecule has 0 amide bonds. The van der Waals surface area contributed by atoms with E-state index >= 15 is 0 Å². The lowest BCUT2D eigenvalue weighted by molar-refractivity contribution is 0.243. The Kier molecular flexibility index (Phi) is 5.44. The van der Waals surface area contributed by atoms with Crippen LogP contribution in [-0.4, -0.2) is 36.4 Å². The summed E-state index contributed by atoms with van der Waals surface area (Å²) < 4.78 is 33.6. The van der Waals surface area contributed by atoms with Crippen LogP contribution >= 0.6 is 12.4 Å². The predicted molar refractivity (Wildman–Crippen MR) is 93.8 cm³/mol. The first-order valence-corrected chi connectivity index (χ1v) is 9.10. The summed E-state index contributed by atoms with van der Waals surface area (Å²) >= 11 is 0. The molecule has 2 N–H and O–H groups in total. The standard InChI is InChI=1S/C15H21N3O4S.ClH/c1-10(16)11-4-3-7-18(9-11)23(20,21)12-5-6-13-14(8-12)22-15(19)17(13)2;/h5-6,8,10-11H,3-4,7,9,16H2,1-2H3;1H. The Bertz CT molecular complexity index is 888. The summed E-state index contributed by atoms with van der Waals surface area (Å²) in [5.41, 5.74) is 6.78. The summed E-state index contributed by atoms with van der Waals surface area (Å²) in [6.07, 6.45) is 1.74. The molecule has 1 aliphatic heterocycles. The van der Waals surface area contributed by atoms with Crippen LogP contribution in [0.5, 0.6) is 0 Å². The molecule has 24 heavy (non-hydrogen) atoms. The molecule has 1 saturated heterocycles. The number of hydrogen-bond acceptors (Lipinski definition) is 5. The van der Waals surface area contributed by atoms with Gasteiger partial charge < -0.3 is 10.2 Å². The van der Waals surface area contributed by atoms with E-state index in [9.17, 15) is 13.2 Å². The molecule has 0 bridgehead atoms. The van der Waals surface area contributed by atoms with Gasteiger partial charge in [-0.2, -0.15) is 4.31 Å². The van der Waals surface area contributed by atoms with E-state index in [1.54, 1.807) is 13.1 Å². The Labute approximate surface area is 146 Å². The number of aryl methyl sites for hydroxylation is 1. The van der Waals surface area contributed by atoms with Crippen molar-refractivity contribution >= 4 is 33.5 Å². The normalized spacial score (nSPS) is 20.7. The largest absolute Gasteiger partial charge is 0.419 e. The highest BCUT2D eigenvalue weighted by molar-refractivity contribution is 7.89. The molecular formula is C15H22ClN3O4S. The molecular weight excluding hydrogens is 354 g/mol. The van der Waals surface area contributed by atoms with Crippen LogP contribution in [0.2, 0.25) is 0 Å². The second kappa shape index (κ2) is 6.87. The summed E-state index contributed by atoms with van der Waals surface area (Å²) in [5, 5.41) is 0. The zero-order valence-corrected chi connectivity index (χ0v) is 15.3. The number of halogens is 1. The quantitative estimate of drug-likeness (QED) is 0.871. The van der Waals surface area contributed by atoms with Gasteiger partial charge in [-0.1, -0.05) is 0 Å². The SMILES string of the molecule is CC(N)C1CCCN(S(=O)(=O)c2ccc3c(c2)oc(=O)n3C)C1.Cl. The fraction of sp³-hybridized carbons (Fsp3) is 0.533. The summed E-state index contributed by atoms with van der Waals surface area (Å²) in [6, 6.07) is 4.49. The van der Waals surface area contributed by atoms with Crippen LogP contribution in [0.4, 0.5) is 0 Å². The zero-order chi connectivity index (χ0) is 16.8. The molecule has 0 aliphatic carbocycles. The first-order valence-electron chi connectivity index (χ1n) is 7.66. The Morgan fingerprint density at radius 1 is 1.38 bits per heavy atom. The van der Waals surface area contributed by atoms with Crippen LogP contribution in [0.25, 0.3) is 11.1 Å². The molecule has 0 radical (unpaired) electrons. The van der Waals surface area contributed by atoms with Crippen molar-refractivity contribution in [2.45, 2.75) is 30.7 Å². The van der Waals surface area contributed by atoms with Crippen molar-refractivity contribution in [3.8, 4) is 0 Å². The number of benzene rings is 1. The van der Waals surface area contributed by atoms with E-state index in [0.29, 0.717) is 18.6 Å². The third kappa shape index (κ3) is 3.23. The molecule has 9 heteroatoms. The molecule has 2 heterocycles. The molecule has 2 atom stereocenters. The fourth-order valence-electron chi connectivity index (χ4n) is 3.05. The smallest absolute Gasteiger partial charge is 0.408 e. The van der Waals surface area contributed by atoms with E-state index in [4.69, 9.17) is 10.2 Å². The summed E-state index contributed by atoms with van der Waals surface area (Å²) in [5.74, 6) is -0.346. The number of aromatic nitrogens is 1. The molecule has 134 valence electrons. The van der Waals surface area contributed by atoms with Gasteiger partial charge in [0.25, 0.3) is 0 Å². The maximum absolute atomic E-state index is 12.8. The van der Waals surface area contributed by atoms with Gasteiger partial charge in [-0.15, -0.1) is 12.4 Å². The van der Waals surface area contributed by atoms with Gasteiger partial charge in [0.1, 0.15) is 0 Å². The van der Waals surface area contributed by atoms with Crippen molar-refractivity contribution in [3.63, 3.8) is 0 Å². The topological polar surface area (TPSA) is 98.5 Å². The minimum absolute atomic E-state index is 0. The molecule has 3 rings (SSSR count). The number of sulfonamides is 1. The van der Waals surface area contributed by atoms with E-state index in [-0.39, 0.29) is 34.8 Å². The van der Waals surface area contributed by atoms with E-state index in [1.807, 2.05) is 6.92 Å². The van der Waals surface area contributed by atoms with Crippen molar-refractivity contribution < 1.29 is 12.8 Å². The van der Waals surface area contributed by atoms with Crippen LogP contribution in [-0.2, 0) is 17.1 Å². The van der Waals surface area contributed by atoms with Gasteiger partial charge >= 0.3 is 5.76 Å². The number of hydrogen-bond donors (Lipinski definition) is 1. The molecule has 2 unspecified atom stereocenters. The molecule has 7 nitrogen and oxygen atoms in total. The second-order valence-electron chi connectivity index (χ2n) is 6.18. The number of nitrogens with zero attached hydrogens (tertiary/aromatic N) is 2. The molecule has 2 aromatic rings. The van der Waals surface area contributed by atoms with Crippen LogP contribution in [0, 0.1) is 5.92 Å². The lowest BCUT2D eigenvalue weighted by atomic mass is 9.93. The number of piperidine rings is 1.